The summed E-state index contributed by atoms with van der Waals surface area (Å²) < 4.78 is 0. The Bertz CT molecular complexity index is 790. The van der Waals surface area contributed by atoms with E-state index in [2.05, 4.69) is 15.6 Å². The maximum atomic E-state index is 12.4. The quantitative estimate of drug-likeness (QED) is 0.707. The minimum atomic E-state index is -1.08. The maximum absolute atomic E-state index is 12.4. The molecule has 1 atom stereocenters. The van der Waals surface area contributed by atoms with Gasteiger partial charge in [-0.1, -0.05) is 19.9 Å². The van der Waals surface area contributed by atoms with Gasteiger partial charge in [-0.3, -0.25) is 14.6 Å². The van der Waals surface area contributed by atoms with Crippen LogP contribution in [0.4, 0.5) is 5.69 Å². The summed E-state index contributed by atoms with van der Waals surface area (Å²) in [6.07, 6.45) is 3.34. The third-order valence-corrected chi connectivity index (χ3v) is 3.62. The van der Waals surface area contributed by atoms with Gasteiger partial charge in [-0.05, 0) is 42.7 Å². The fraction of sp³-hybridized carbons (Fsp3) is 0.263. The summed E-state index contributed by atoms with van der Waals surface area (Å²) in [6.45, 7) is 3.77. The lowest BCUT2D eigenvalue weighted by Crippen LogP contribution is -2.41. The average Bonchev–Trinajstić information content (AvgIpc) is 2.61. The molecule has 3 N–H and O–H groups in total. The highest BCUT2D eigenvalue weighted by atomic mass is 16.4. The van der Waals surface area contributed by atoms with Crippen molar-refractivity contribution >= 4 is 23.5 Å². The Morgan fingerprint density at radius 1 is 1.08 bits per heavy atom. The number of aromatic nitrogens is 1. The molecule has 2 rings (SSSR count). The number of carboxylic acids is 1. The van der Waals surface area contributed by atoms with Gasteiger partial charge in [0.1, 0.15) is 6.04 Å². The minimum absolute atomic E-state index is 0.126. The summed E-state index contributed by atoms with van der Waals surface area (Å²) in [5.74, 6) is -1.80. The molecule has 1 heterocycles. The van der Waals surface area contributed by atoms with Gasteiger partial charge in [0, 0.05) is 23.6 Å². The number of anilines is 1. The van der Waals surface area contributed by atoms with Crippen LogP contribution < -0.4 is 10.6 Å². The Labute approximate surface area is 151 Å². The summed E-state index contributed by atoms with van der Waals surface area (Å²) >= 11 is 0. The number of pyridine rings is 1. The Morgan fingerprint density at radius 3 is 2.42 bits per heavy atom. The van der Waals surface area contributed by atoms with E-state index < -0.39 is 17.9 Å². The van der Waals surface area contributed by atoms with Crippen molar-refractivity contribution < 1.29 is 19.5 Å². The summed E-state index contributed by atoms with van der Waals surface area (Å²) in [6, 6.07) is 8.64. The third-order valence-electron chi connectivity index (χ3n) is 3.62. The van der Waals surface area contributed by atoms with Crippen molar-refractivity contribution in [2.75, 3.05) is 5.32 Å². The zero-order valence-electron chi connectivity index (χ0n) is 14.6. The van der Waals surface area contributed by atoms with E-state index in [0.717, 1.165) is 0 Å². The van der Waals surface area contributed by atoms with Crippen molar-refractivity contribution in [2.24, 2.45) is 5.92 Å². The van der Waals surface area contributed by atoms with Crippen molar-refractivity contribution in [1.82, 2.24) is 10.3 Å². The zero-order chi connectivity index (χ0) is 19.1. The van der Waals surface area contributed by atoms with E-state index in [1.807, 2.05) is 13.8 Å². The minimum Gasteiger partial charge on any atom is -0.480 e. The highest BCUT2D eigenvalue weighted by Crippen LogP contribution is 2.13. The molecule has 0 radical (unpaired) electrons. The van der Waals surface area contributed by atoms with E-state index in [9.17, 15) is 19.5 Å². The number of nitrogens with zero attached hydrogens (tertiary/aromatic N) is 1. The molecule has 1 aromatic heterocycles. The standard InChI is InChI=1S/C19H21N3O4/c1-12(2)9-16(19(25)26)22-17(23)13-5-3-7-15(10-13)21-18(24)14-6-4-8-20-11-14/h3-8,10-12,16H,9H2,1-2H3,(H,21,24)(H,22,23)(H,25,26)/t16-/m0/s1. The van der Waals surface area contributed by atoms with Crippen LogP contribution in [0.5, 0.6) is 0 Å². The second-order valence-corrected chi connectivity index (χ2v) is 6.27. The fourth-order valence-electron chi connectivity index (χ4n) is 2.37. The van der Waals surface area contributed by atoms with Crippen LogP contribution in [0.2, 0.25) is 0 Å². The van der Waals surface area contributed by atoms with Crippen LogP contribution in [0, 0.1) is 5.92 Å². The Balaban J connectivity index is 2.09. The van der Waals surface area contributed by atoms with Gasteiger partial charge < -0.3 is 15.7 Å². The van der Waals surface area contributed by atoms with Crippen LogP contribution in [0.3, 0.4) is 0 Å². The summed E-state index contributed by atoms with van der Waals surface area (Å²) in [4.78, 5) is 39.7. The maximum Gasteiger partial charge on any atom is 0.326 e. The predicted octanol–water partition coefficient (Wildman–Crippen LogP) is 2.56. The SMILES string of the molecule is CC(C)C[C@H](NC(=O)c1cccc(NC(=O)c2cccnc2)c1)C(=O)O. The van der Waals surface area contributed by atoms with Gasteiger partial charge in [0.25, 0.3) is 11.8 Å². The monoisotopic (exact) mass is 355 g/mol. The Hall–Kier alpha value is -3.22. The molecule has 2 aromatic rings. The van der Waals surface area contributed by atoms with Crippen molar-refractivity contribution in [3.05, 3.63) is 59.9 Å². The Kier molecular flexibility index (Phi) is 6.43. The highest BCUT2D eigenvalue weighted by molar-refractivity contribution is 6.05. The number of carbonyl (C=O) groups is 3. The molecule has 0 aliphatic rings. The van der Waals surface area contributed by atoms with Gasteiger partial charge in [-0.2, -0.15) is 0 Å². The molecule has 0 unspecified atom stereocenters. The number of amides is 2. The van der Waals surface area contributed by atoms with Gasteiger partial charge in [0.15, 0.2) is 0 Å². The molecule has 0 saturated heterocycles. The van der Waals surface area contributed by atoms with Gasteiger partial charge in [-0.25, -0.2) is 4.79 Å². The first-order chi connectivity index (χ1) is 12.4. The third kappa shape index (κ3) is 5.41. The first kappa shape index (κ1) is 19.1. The van der Waals surface area contributed by atoms with Crippen LogP contribution in [0.15, 0.2) is 48.8 Å². The summed E-state index contributed by atoms with van der Waals surface area (Å²) in [5.41, 5.74) is 1.09. The van der Waals surface area contributed by atoms with E-state index in [4.69, 9.17) is 0 Å². The lowest BCUT2D eigenvalue weighted by Gasteiger charge is -2.16. The van der Waals surface area contributed by atoms with Gasteiger partial charge in [0.2, 0.25) is 0 Å². The molecule has 7 nitrogen and oxygen atoms in total. The van der Waals surface area contributed by atoms with E-state index in [1.54, 1.807) is 36.5 Å². The molecule has 0 aliphatic heterocycles. The normalized spacial score (nSPS) is 11.7. The van der Waals surface area contributed by atoms with Crippen LogP contribution in [0.25, 0.3) is 0 Å². The molecular weight excluding hydrogens is 334 g/mol. The second-order valence-electron chi connectivity index (χ2n) is 6.27. The smallest absolute Gasteiger partial charge is 0.326 e. The lowest BCUT2D eigenvalue weighted by molar-refractivity contribution is -0.139. The summed E-state index contributed by atoms with van der Waals surface area (Å²) in [5, 5.41) is 14.4. The summed E-state index contributed by atoms with van der Waals surface area (Å²) in [7, 11) is 0. The topological polar surface area (TPSA) is 108 Å². The largest absolute Gasteiger partial charge is 0.480 e. The number of carboxylic acid groups (broad SMARTS) is 1. The zero-order valence-corrected chi connectivity index (χ0v) is 14.6. The van der Waals surface area contributed by atoms with Crippen molar-refractivity contribution in [2.45, 2.75) is 26.3 Å². The first-order valence-electron chi connectivity index (χ1n) is 8.22. The molecule has 0 bridgehead atoms. The highest BCUT2D eigenvalue weighted by Gasteiger charge is 2.21. The van der Waals surface area contributed by atoms with Gasteiger partial charge >= 0.3 is 5.97 Å². The van der Waals surface area contributed by atoms with Gasteiger partial charge in [0.05, 0.1) is 5.56 Å². The van der Waals surface area contributed by atoms with Gasteiger partial charge in [-0.15, -0.1) is 0 Å². The van der Waals surface area contributed by atoms with E-state index >= 15 is 0 Å². The molecule has 1 aromatic carbocycles. The molecule has 0 spiro atoms. The number of aliphatic carboxylic acids is 1. The number of carbonyl (C=O) groups excluding carboxylic acids is 2. The van der Waals surface area contributed by atoms with Crippen molar-refractivity contribution in [3.8, 4) is 0 Å². The molecule has 7 heteroatoms. The molecular formula is C19H21N3O4. The molecule has 0 fully saturated rings. The first-order valence-corrected chi connectivity index (χ1v) is 8.22. The van der Waals surface area contributed by atoms with E-state index in [0.29, 0.717) is 17.7 Å². The van der Waals surface area contributed by atoms with Crippen LogP contribution in [-0.4, -0.2) is 33.9 Å². The fourth-order valence-corrected chi connectivity index (χ4v) is 2.37. The lowest BCUT2D eigenvalue weighted by atomic mass is 10.0. The van der Waals surface area contributed by atoms with Crippen molar-refractivity contribution in [3.63, 3.8) is 0 Å². The van der Waals surface area contributed by atoms with Crippen LogP contribution >= 0.6 is 0 Å². The van der Waals surface area contributed by atoms with Crippen molar-refractivity contribution in [1.29, 1.82) is 0 Å². The molecule has 26 heavy (non-hydrogen) atoms. The number of hydrogen-bond acceptors (Lipinski definition) is 4. The number of benzene rings is 1. The van der Waals surface area contributed by atoms with E-state index in [-0.39, 0.29) is 17.4 Å². The Morgan fingerprint density at radius 2 is 1.81 bits per heavy atom. The molecule has 0 aliphatic carbocycles. The molecule has 136 valence electrons. The average molecular weight is 355 g/mol. The number of nitrogens with one attached hydrogen (secondary N) is 2. The predicted molar refractivity (Wildman–Crippen MR) is 97.0 cm³/mol. The van der Waals surface area contributed by atoms with Crippen LogP contribution in [0.1, 0.15) is 41.0 Å². The van der Waals surface area contributed by atoms with Crippen LogP contribution in [-0.2, 0) is 4.79 Å². The number of rotatable bonds is 7. The number of hydrogen-bond donors (Lipinski definition) is 3. The molecule has 0 saturated carbocycles. The van der Waals surface area contributed by atoms with E-state index in [1.165, 1.54) is 12.3 Å². The molecule has 2 amide bonds. The second kappa shape index (κ2) is 8.75.